The van der Waals surface area contributed by atoms with Crippen LogP contribution in [-0.4, -0.2) is 0 Å². The quantitative estimate of drug-likeness (QED) is 0.319. The van der Waals surface area contributed by atoms with E-state index in [0.717, 1.165) is 35.5 Å². The zero-order valence-corrected chi connectivity index (χ0v) is 22.6. The molecule has 5 saturated carbocycles. The van der Waals surface area contributed by atoms with E-state index >= 15 is 0 Å². The molecule has 5 aliphatic rings. The van der Waals surface area contributed by atoms with Crippen molar-refractivity contribution < 1.29 is 34.1 Å². The Morgan fingerprint density at radius 2 is 0.688 bits per heavy atom. The van der Waals surface area contributed by atoms with E-state index < -0.39 is 0 Å². The van der Waals surface area contributed by atoms with Gasteiger partial charge in [0, 0.05) is 34.1 Å². The van der Waals surface area contributed by atoms with Gasteiger partial charge in [0.25, 0.3) is 0 Å². The van der Waals surface area contributed by atoms with Crippen LogP contribution in [0.1, 0.15) is 155 Å². The van der Waals surface area contributed by atoms with E-state index in [1.165, 1.54) is 32.1 Å². The first kappa shape index (κ1) is 31.1. The van der Waals surface area contributed by atoms with Crippen molar-refractivity contribution in [2.75, 3.05) is 0 Å². The number of hydrogen-bond donors (Lipinski definition) is 0. The normalized spacial score (nSPS) is 33.0. The Kier molecular flexibility index (Phi) is 17.0. The number of rotatable bonds is 4. The molecule has 0 N–H and O–H groups in total. The molecule has 0 heterocycles. The zero-order valence-electron chi connectivity index (χ0n) is 20.4. The maximum Gasteiger partial charge on any atom is 0 e. The monoisotopic (exact) mass is 528 g/mol. The maximum absolute atomic E-state index is 1.59. The third-order valence-electron chi connectivity index (χ3n) is 9.92. The SMILES string of the molecule is C.C1CC2CCC(CCCC3CCC(C1)C3)C2.C1CCC(CCCC2CCCC2)C1.[Fe].[Fe]. The minimum Gasteiger partial charge on any atom is -0.0776 e. The van der Waals surface area contributed by atoms with E-state index in [2.05, 4.69) is 0 Å². The first-order chi connectivity index (χ1) is 14.3. The number of hydrogen-bond acceptors (Lipinski definition) is 0. The molecule has 5 rings (SSSR count). The molecule has 2 heteroatoms. The van der Waals surface area contributed by atoms with Crippen LogP contribution in [0.5, 0.6) is 0 Å². The van der Waals surface area contributed by atoms with Gasteiger partial charge in [-0.1, -0.05) is 142 Å². The molecule has 4 bridgehead atoms. The number of fused-ring (bicyclic) bond motifs is 4. The Balaban J connectivity index is 0.000000298. The Labute approximate surface area is 223 Å². The van der Waals surface area contributed by atoms with Crippen LogP contribution in [0.3, 0.4) is 0 Å². The van der Waals surface area contributed by atoms with Crippen molar-refractivity contribution in [1.29, 1.82) is 0 Å². The summed E-state index contributed by atoms with van der Waals surface area (Å²) >= 11 is 0. The Morgan fingerprint density at radius 1 is 0.375 bits per heavy atom. The second kappa shape index (κ2) is 17.5. The van der Waals surface area contributed by atoms with Crippen molar-refractivity contribution in [2.24, 2.45) is 35.5 Å². The van der Waals surface area contributed by atoms with Crippen LogP contribution in [0.15, 0.2) is 0 Å². The molecular weight excluding hydrogens is 472 g/mol. The van der Waals surface area contributed by atoms with Crippen molar-refractivity contribution in [2.45, 2.75) is 155 Å². The molecule has 0 amide bonds. The van der Waals surface area contributed by atoms with Gasteiger partial charge < -0.3 is 0 Å². The third kappa shape index (κ3) is 10.8. The molecule has 0 aromatic rings. The summed E-state index contributed by atoms with van der Waals surface area (Å²) in [4.78, 5) is 0. The van der Waals surface area contributed by atoms with E-state index in [-0.39, 0.29) is 41.6 Å². The van der Waals surface area contributed by atoms with Crippen LogP contribution in [0.4, 0.5) is 0 Å². The van der Waals surface area contributed by atoms with Crippen LogP contribution in [-0.2, 0) is 34.1 Å². The summed E-state index contributed by atoms with van der Waals surface area (Å²) in [5.41, 5.74) is 0. The fraction of sp³-hybridized carbons (Fsp3) is 1.00. The van der Waals surface area contributed by atoms with E-state index in [9.17, 15) is 0 Å². The average molecular weight is 528 g/mol. The second-order valence-corrected chi connectivity index (χ2v) is 12.2. The molecule has 192 valence electrons. The van der Waals surface area contributed by atoms with Gasteiger partial charge in [0.15, 0.2) is 0 Å². The Hall–Kier alpha value is 1.04. The van der Waals surface area contributed by atoms with Crippen molar-refractivity contribution in [3.63, 3.8) is 0 Å². The fourth-order valence-electron chi connectivity index (χ4n) is 8.09. The molecule has 32 heavy (non-hydrogen) atoms. The van der Waals surface area contributed by atoms with Crippen LogP contribution < -0.4 is 0 Å². The van der Waals surface area contributed by atoms with E-state index in [0.29, 0.717) is 0 Å². The van der Waals surface area contributed by atoms with Gasteiger partial charge >= 0.3 is 0 Å². The standard InChI is InChI=1S/C16H28.C13H24.CH4.2Fe/c1-3-13-7-9-15(11-13)5-2-6-16-10-8-14(4-1)12-16;1-2-7-12(6-1)10-5-11-13-8-3-4-9-13;;;/h13-16H,1-12H2;12-13H,1-11H2;1H4;;. The Morgan fingerprint density at radius 3 is 1.00 bits per heavy atom. The van der Waals surface area contributed by atoms with Crippen molar-refractivity contribution >= 4 is 0 Å². The van der Waals surface area contributed by atoms with Gasteiger partial charge in [0.05, 0.1) is 0 Å². The smallest absolute Gasteiger partial charge is 0 e. The van der Waals surface area contributed by atoms with Gasteiger partial charge in [-0.2, -0.15) is 0 Å². The van der Waals surface area contributed by atoms with E-state index in [4.69, 9.17) is 0 Å². The van der Waals surface area contributed by atoms with Gasteiger partial charge in [0.1, 0.15) is 0 Å². The molecule has 4 atom stereocenters. The first-order valence-corrected chi connectivity index (χ1v) is 14.3. The zero-order chi connectivity index (χ0) is 19.7. The molecule has 0 saturated heterocycles. The maximum atomic E-state index is 1.59. The van der Waals surface area contributed by atoms with Gasteiger partial charge in [-0.15, -0.1) is 0 Å². The van der Waals surface area contributed by atoms with E-state index in [1.807, 2.05) is 0 Å². The fourth-order valence-corrected chi connectivity index (χ4v) is 8.09. The van der Waals surface area contributed by atoms with Crippen molar-refractivity contribution in [1.82, 2.24) is 0 Å². The molecule has 0 aromatic heterocycles. The summed E-state index contributed by atoms with van der Waals surface area (Å²) in [6.45, 7) is 0. The van der Waals surface area contributed by atoms with Crippen LogP contribution in [0, 0.1) is 35.5 Å². The minimum absolute atomic E-state index is 0. The summed E-state index contributed by atoms with van der Waals surface area (Å²) in [6.07, 6.45) is 35.7. The summed E-state index contributed by atoms with van der Waals surface area (Å²) in [5, 5.41) is 0. The second-order valence-electron chi connectivity index (χ2n) is 12.2. The van der Waals surface area contributed by atoms with Crippen molar-refractivity contribution in [3.05, 3.63) is 0 Å². The molecule has 0 radical (unpaired) electrons. The van der Waals surface area contributed by atoms with Crippen molar-refractivity contribution in [3.8, 4) is 0 Å². The molecular formula is C30H56Fe2. The molecule has 5 aliphatic carbocycles. The molecule has 0 spiro atoms. The van der Waals surface area contributed by atoms with E-state index in [1.54, 1.807) is 116 Å². The average Bonchev–Trinajstić information content (AvgIpc) is 3.52. The predicted molar refractivity (Wildman–Crippen MR) is 134 cm³/mol. The molecule has 0 aromatic carbocycles. The molecule has 0 aliphatic heterocycles. The minimum atomic E-state index is 0. The van der Waals surface area contributed by atoms with Gasteiger partial charge in [-0.3, -0.25) is 0 Å². The van der Waals surface area contributed by atoms with Gasteiger partial charge in [-0.25, -0.2) is 0 Å². The summed E-state index contributed by atoms with van der Waals surface area (Å²) in [7, 11) is 0. The van der Waals surface area contributed by atoms with Gasteiger partial charge in [0.2, 0.25) is 0 Å². The largest absolute Gasteiger partial charge is 0.0776 e. The predicted octanol–water partition coefficient (Wildman–Crippen LogP) is 10.3. The van der Waals surface area contributed by atoms with Gasteiger partial charge in [-0.05, 0) is 48.3 Å². The summed E-state index contributed by atoms with van der Waals surface area (Å²) in [5.74, 6) is 6.76. The first-order valence-electron chi connectivity index (χ1n) is 14.3. The van der Waals surface area contributed by atoms with Crippen LogP contribution in [0.25, 0.3) is 0 Å². The Bertz CT molecular complexity index is 378. The summed E-state index contributed by atoms with van der Waals surface area (Å²) < 4.78 is 0. The third-order valence-corrected chi connectivity index (χ3v) is 9.92. The molecule has 4 unspecified atom stereocenters. The molecule has 0 nitrogen and oxygen atoms in total. The summed E-state index contributed by atoms with van der Waals surface area (Å²) in [6, 6.07) is 0. The topological polar surface area (TPSA) is 0 Å². The molecule has 5 fully saturated rings. The van der Waals surface area contributed by atoms with Crippen LogP contribution in [0.2, 0.25) is 0 Å². The van der Waals surface area contributed by atoms with Crippen LogP contribution >= 0.6 is 0 Å².